The summed E-state index contributed by atoms with van der Waals surface area (Å²) in [6.07, 6.45) is 3.68. The first kappa shape index (κ1) is 25.1. The van der Waals surface area contributed by atoms with Crippen LogP contribution in [-0.4, -0.2) is 21.4 Å². The maximum atomic E-state index is 14.5. The number of allylic oxidation sites excluding steroid dienone is 1. The van der Waals surface area contributed by atoms with Crippen LogP contribution in [0.5, 0.6) is 0 Å². The molecule has 0 saturated carbocycles. The molecule has 6 nitrogen and oxygen atoms in total. The number of hydrogen-bond acceptors (Lipinski definition) is 3. The van der Waals surface area contributed by atoms with Crippen molar-refractivity contribution >= 4 is 45.7 Å². The number of carbonyl (C=O) groups is 2. The number of rotatable bonds is 7. The number of hydrogen-bond donors (Lipinski definition) is 2. The van der Waals surface area contributed by atoms with Gasteiger partial charge in [0.05, 0.1) is 18.4 Å². The maximum absolute atomic E-state index is 14.5. The van der Waals surface area contributed by atoms with Crippen LogP contribution in [0.1, 0.15) is 41.9 Å². The van der Waals surface area contributed by atoms with E-state index in [1.54, 1.807) is 54.0 Å². The van der Waals surface area contributed by atoms with Gasteiger partial charge in [0.15, 0.2) is 0 Å². The number of halogens is 2. The van der Waals surface area contributed by atoms with Gasteiger partial charge in [-0.15, -0.1) is 0 Å². The third-order valence-corrected chi connectivity index (χ3v) is 6.30. The lowest BCUT2D eigenvalue weighted by molar-refractivity contribution is -0.115. The Balaban J connectivity index is 1.71. The molecule has 0 spiro atoms. The Morgan fingerprint density at radius 3 is 2.58 bits per heavy atom. The largest absolute Gasteiger partial charge is 0.332 e. The van der Waals surface area contributed by atoms with Crippen LogP contribution in [0.4, 0.5) is 15.8 Å². The lowest BCUT2D eigenvalue weighted by atomic mass is 10.2. The van der Waals surface area contributed by atoms with E-state index in [9.17, 15) is 14.0 Å². The van der Waals surface area contributed by atoms with Crippen molar-refractivity contribution in [3.63, 3.8) is 0 Å². The highest BCUT2D eigenvalue weighted by atomic mass is 35.5. The second-order valence-electron chi connectivity index (χ2n) is 8.63. The average molecular weight is 505 g/mol. The standard InChI is InChI=1S/C28H26ClFN4O2/c1-4-17(2)11-26(35)32-21-9-10-24-20(13-21)14-25(34(24)16-19-7-5-6-8-23(19)30)28(36)33-22-12-18(3)27(29)31-15-22/h4-10,12-15H,11,16H2,1-3H3,(H,32,35)(H,33,36)/b17-4-. The minimum Gasteiger partial charge on any atom is -0.332 e. The molecule has 184 valence electrons. The molecule has 8 heteroatoms. The van der Waals surface area contributed by atoms with Gasteiger partial charge < -0.3 is 15.2 Å². The predicted molar refractivity (Wildman–Crippen MR) is 142 cm³/mol. The number of nitrogens with one attached hydrogen (secondary N) is 2. The number of amides is 2. The molecule has 2 N–H and O–H groups in total. The molecule has 0 aliphatic heterocycles. The fourth-order valence-corrected chi connectivity index (χ4v) is 3.99. The summed E-state index contributed by atoms with van der Waals surface area (Å²) >= 11 is 6.01. The Hall–Kier alpha value is -3.97. The smallest absolute Gasteiger partial charge is 0.272 e. The molecule has 0 unspecified atom stereocenters. The van der Waals surface area contributed by atoms with E-state index in [4.69, 9.17) is 11.6 Å². The molecule has 2 heterocycles. The fraction of sp³-hybridized carbons (Fsp3) is 0.179. The molecule has 2 aromatic carbocycles. The highest BCUT2D eigenvalue weighted by molar-refractivity contribution is 6.30. The topological polar surface area (TPSA) is 76.0 Å². The van der Waals surface area contributed by atoms with Crippen LogP contribution in [0.25, 0.3) is 10.9 Å². The lowest BCUT2D eigenvalue weighted by Gasteiger charge is -2.13. The second kappa shape index (κ2) is 10.7. The predicted octanol–water partition coefficient (Wildman–Crippen LogP) is 6.73. The zero-order valence-corrected chi connectivity index (χ0v) is 21.0. The third-order valence-electron chi connectivity index (χ3n) is 5.91. The molecule has 0 aliphatic rings. The van der Waals surface area contributed by atoms with Crippen LogP contribution >= 0.6 is 11.6 Å². The molecule has 0 atom stereocenters. The van der Waals surface area contributed by atoms with Crippen LogP contribution in [0.15, 0.2) is 72.4 Å². The highest BCUT2D eigenvalue weighted by Gasteiger charge is 2.18. The van der Waals surface area contributed by atoms with Gasteiger partial charge in [-0.1, -0.05) is 41.4 Å². The summed E-state index contributed by atoms with van der Waals surface area (Å²) in [6.45, 7) is 5.74. The SMILES string of the molecule is C/C=C(/C)CC(=O)Nc1ccc2c(c1)cc(C(=O)Nc1cnc(Cl)c(C)c1)n2Cc1ccccc1F. The summed E-state index contributed by atoms with van der Waals surface area (Å²) in [5.74, 6) is -0.855. The summed E-state index contributed by atoms with van der Waals surface area (Å²) in [4.78, 5) is 29.8. The van der Waals surface area contributed by atoms with Gasteiger partial charge in [-0.3, -0.25) is 9.59 Å². The van der Waals surface area contributed by atoms with Crippen molar-refractivity contribution in [1.29, 1.82) is 0 Å². The van der Waals surface area contributed by atoms with Crippen molar-refractivity contribution in [2.75, 3.05) is 10.6 Å². The van der Waals surface area contributed by atoms with Crippen molar-refractivity contribution in [3.05, 3.63) is 100 Å². The third kappa shape index (κ3) is 5.63. The summed E-state index contributed by atoms with van der Waals surface area (Å²) in [5, 5.41) is 6.85. The minimum atomic E-state index is -0.375. The fourth-order valence-electron chi connectivity index (χ4n) is 3.89. The summed E-state index contributed by atoms with van der Waals surface area (Å²) in [7, 11) is 0. The van der Waals surface area contributed by atoms with Gasteiger partial charge in [0, 0.05) is 28.6 Å². The quantitative estimate of drug-likeness (QED) is 0.216. The maximum Gasteiger partial charge on any atom is 0.272 e. The van der Waals surface area contributed by atoms with E-state index in [0.29, 0.717) is 34.2 Å². The van der Waals surface area contributed by atoms with E-state index >= 15 is 0 Å². The molecular weight excluding hydrogens is 479 g/mol. The number of benzene rings is 2. The van der Waals surface area contributed by atoms with E-state index < -0.39 is 0 Å². The Morgan fingerprint density at radius 1 is 1.08 bits per heavy atom. The van der Waals surface area contributed by atoms with E-state index in [-0.39, 0.29) is 24.2 Å². The average Bonchev–Trinajstić information content (AvgIpc) is 3.20. The molecule has 0 fully saturated rings. The zero-order valence-electron chi connectivity index (χ0n) is 20.2. The second-order valence-corrected chi connectivity index (χ2v) is 8.98. The Morgan fingerprint density at radius 2 is 1.86 bits per heavy atom. The zero-order chi connectivity index (χ0) is 25.8. The van der Waals surface area contributed by atoms with Crippen LogP contribution in [0, 0.1) is 12.7 Å². The monoisotopic (exact) mass is 504 g/mol. The molecular formula is C28H26ClFN4O2. The molecule has 4 aromatic rings. The first-order valence-corrected chi connectivity index (χ1v) is 11.8. The van der Waals surface area contributed by atoms with Gasteiger partial charge in [-0.25, -0.2) is 9.37 Å². The number of anilines is 2. The highest BCUT2D eigenvalue weighted by Crippen LogP contribution is 2.27. The number of carbonyl (C=O) groups excluding carboxylic acids is 2. The van der Waals surface area contributed by atoms with Gasteiger partial charge in [0.25, 0.3) is 5.91 Å². The summed E-state index contributed by atoms with van der Waals surface area (Å²) in [6, 6.07) is 15.3. The van der Waals surface area contributed by atoms with Crippen molar-refractivity contribution in [1.82, 2.24) is 9.55 Å². The molecule has 0 radical (unpaired) electrons. The van der Waals surface area contributed by atoms with E-state index in [1.165, 1.54) is 12.3 Å². The lowest BCUT2D eigenvalue weighted by Crippen LogP contribution is -2.18. The Kier molecular flexibility index (Phi) is 7.50. The van der Waals surface area contributed by atoms with Gasteiger partial charge in [0.2, 0.25) is 5.91 Å². The molecule has 0 saturated heterocycles. The first-order chi connectivity index (χ1) is 17.2. The number of nitrogens with zero attached hydrogens (tertiary/aromatic N) is 2. The van der Waals surface area contributed by atoms with Gasteiger partial charge in [-0.05, 0) is 62.7 Å². The van der Waals surface area contributed by atoms with Crippen molar-refractivity contribution < 1.29 is 14.0 Å². The molecule has 2 amide bonds. The van der Waals surface area contributed by atoms with Crippen molar-refractivity contribution in [2.45, 2.75) is 33.7 Å². The first-order valence-electron chi connectivity index (χ1n) is 11.5. The van der Waals surface area contributed by atoms with Gasteiger partial charge >= 0.3 is 0 Å². The summed E-state index contributed by atoms with van der Waals surface area (Å²) in [5.41, 5.74) is 4.34. The number of aromatic nitrogens is 2. The molecule has 0 bridgehead atoms. The normalized spacial score (nSPS) is 11.5. The Bertz CT molecular complexity index is 1490. The van der Waals surface area contributed by atoms with Crippen LogP contribution in [0.3, 0.4) is 0 Å². The van der Waals surface area contributed by atoms with Crippen molar-refractivity contribution in [3.8, 4) is 0 Å². The number of fused-ring (bicyclic) bond motifs is 1. The van der Waals surface area contributed by atoms with E-state index in [2.05, 4.69) is 15.6 Å². The molecule has 36 heavy (non-hydrogen) atoms. The van der Waals surface area contributed by atoms with Gasteiger partial charge in [-0.2, -0.15) is 0 Å². The van der Waals surface area contributed by atoms with Crippen molar-refractivity contribution in [2.24, 2.45) is 0 Å². The summed E-state index contributed by atoms with van der Waals surface area (Å²) < 4.78 is 16.3. The molecule has 0 aliphatic carbocycles. The van der Waals surface area contributed by atoms with E-state index in [0.717, 1.165) is 22.0 Å². The Labute approximate surface area is 213 Å². The van der Waals surface area contributed by atoms with Crippen LogP contribution in [-0.2, 0) is 11.3 Å². The number of aryl methyl sites for hydroxylation is 1. The van der Waals surface area contributed by atoms with Crippen LogP contribution in [0.2, 0.25) is 5.15 Å². The molecule has 2 aromatic heterocycles. The van der Waals surface area contributed by atoms with Gasteiger partial charge in [0.1, 0.15) is 16.7 Å². The minimum absolute atomic E-state index is 0.126. The molecule has 4 rings (SSSR count). The van der Waals surface area contributed by atoms with Crippen LogP contribution < -0.4 is 10.6 Å². The number of pyridine rings is 1. The van der Waals surface area contributed by atoms with E-state index in [1.807, 2.05) is 26.0 Å².